The lowest BCUT2D eigenvalue weighted by Crippen LogP contribution is -2.07. The number of aryl methyl sites for hydroxylation is 2. The number of hydrogen-bond donors (Lipinski definition) is 0. The molecule has 2 aromatic rings. The molecule has 0 amide bonds. The van der Waals surface area contributed by atoms with E-state index in [1.807, 2.05) is 6.20 Å². The fraction of sp³-hybridized carbons (Fsp3) is 0.500. The minimum atomic E-state index is -0.386. The largest absolute Gasteiger partial charge is 0.324 e. The Bertz CT molecular complexity index is 655. The maximum Gasteiger partial charge on any atom is 0.324 e. The van der Waals surface area contributed by atoms with Gasteiger partial charge < -0.3 is 0 Å². The Kier molecular flexibility index (Phi) is 3.88. The van der Waals surface area contributed by atoms with Crippen LogP contribution in [0.15, 0.2) is 15.6 Å². The molecule has 0 saturated heterocycles. The second-order valence-electron chi connectivity index (χ2n) is 5.46. The zero-order chi connectivity index (χ0) is 15.1. The van der Waals surface area contributed by atoms with Gasteiger partial charge in [0.15, 0.2) is 9.37 Å². The lowest BCUT2D eigenvalue weighted by Gasteiger charge is -2.14. The molecule has 0 aliphatic rings. The second-order valence-corrected chi connectivity index (χ2v) is 7.73. The number of rotatable bonds is 3. The van der Waals surface area contributed by atoms with Crippen LogP contribution < -0.4 is 0 Å². The molecule has 2 aromatic heterocycles. The van der Waals surface area contributed by atoms with E-state index in [0.717, 1.165) is 9.22 Å². The lowest BCUT2D eigenvalue weighted by molar-refractivity contribution is -0.388. The van der Waals surface area contributed by atoms with Crippen molar-refractivity contribution in [3.63, 3.8) is 0 Å². The summed E-state index contributed by atoms with van der Waals surface area (Å²) in [6, 6.07) is 0. The molecule has 0 aliphatic heterocycles. The SMILES string of the molecule is Cc1nn(C)c(Sc2ncc(C(C)(C)C)s2)c1[N+](=O)[O-]. The number of nitro groups is 1. The minimum Gasteiger partial charge on any atom is -0.258 e. The molecule has 0 bridgehead atoms. The van der Waals surface area contributed by atoms with Gasteiger partial charge in [0.05, 0.1) is 4.92 Å². The summed E-state index contributed by atoms with van der Waals surface area (Å²) in [7, 11) is 1.71. The fourth-order valence-electron chi connectivity index (χ4n) is 1.69. The van der Waals surface area contributed by atoms with Gasteiger partial charge in [-0.05, 0) is 24.1 Å². The molecule has 0 N–H and O–H groups in total. The zero-order valence-corrected chi connectivity index (χ0v) is 13.6. The molecule has 20 heavy (non-hydrogen) atoms. The third-order valence-electron chi connectivity index (χ3n) is 2.73. The number of nitrogens with zero attached hydrogens (tertiary/aromatic N) is 4. The van der Waals surface area contributed by atoms with Crippen molar-refractivity contribution >= 4 is 28.8 Å². The molecule has 0 fully saturated rings. The summed E-state index contributed by atoms with van der Waals surface area (Å²) < 4.78 is 2.33. The van der Waals surface area contributed by atoms with Gasteiger partial charge in [0.25, 0.3) is 0 Å². The quantitative estimate of drug-likeness (QED) is 0.640. The van der Waals surface area contributed by atoms with E-state index in [9.17, 15) is 10.1 Å². The van der Waals surface area contributed by atoms with Crippen LogP contribution in [0.3, 0.4) is 0 Å². The molecule has 8 heteroatoms. The Labute approximate surface area is 125 Å². The molecule has 0 aromatic carbocycles. The van der Waals surface area contributed by atoms with Gasteiger partial charge >= 0.3 is 5.69 Å². The van der Waals surface area contributed by atoms with Gasteiger partial charge in [0, 0.05) is 18.1 Å². The molecule has 0 unspecified atom stereocenters. The van der Waals surface area contributed by atoms with Gasteiger partial charge in [-0.2, -0.15) is 5.10 Å². The number of hydrogen-bond acceptors (Lipinski definition) is 6. The van der Waals surface area contributed by atoms with Crippen LogP contribution >= 0.6 is 23.1 Å². The van der Waals surface area contributed by atoms with Crippen LogP contribution in [0.5, 0.6) is 0 Å². The molecule has 6 nitrogen and oxygen atoms in total. The highest BCUT2D eigenvalue weighted by Gasteiger charge is 2.26. The lowest BCUT2D eigenvalue weighted by atomic mass is 9.96. The molecule has 0 spiro atoms. The first-order chi connectivity index (χ1) is 9.20. The van der Waals surface area contributed by atoms with E-state index in [1.54, 1.807) is 25.3 Å². The topological polar surface area (TPSA) is 73.8 Å². The average molecular weight is 312 g/mol. The highest BCUT2D eigenvalue weighted by molar-refractivity contribution is 8.01. The van der Waals surface area contributed by atoms with Crippen molar-refractivity contribution in [3.05, 3.63) is 26.9 Å². The van der Waals surface area contributed by atoms with E-state index in [1.165, 1.54) is 16.4 Å². The normalized spacial score (nSPS) is 11.8. The van der Waals surface area contributed by atoms with Crippen molar-refractivity contribution < 1.29 is 4.92 Å². The van der Waals surface area contributed by atoms with Gasteiger partial charge in [0.1, 0.15) is 5.69 Å². The summed E-state index contributed by atoms with van der Waals surface area (Å²) in [5, 5.41) is 15.8. The van der Waals surface area contributed by atoms with Gasteiger partial charge in [0.2, 0.25) is 0 Å². The second kappa shape index (κ2) is 5.17. The molecule has 0 saturated carbocycles. The molecular formula is C12H16N4O2S2. The molecule has 108 valence electrons. The standard InChI is InChI=1S/C12H16N4O2S2/c1-7-9(16(17)18)10(15(5)14-7)20-11-13-6-8(19-11)12(2,3)4/h6H,1-5H3. The monoisotopic (exact) mass is 312 g/mol. The predicted octanol–water partition coefficient (Wildman–Crippen LogP) is 3.54. The Morgan fingerprint density at radius 1 is 1.45 bits per heavy atom. The summed E-state index contributed by atoms with van der Waals surface area (Å²) in [5.41, 5.74) is 0.516. The van der Waals surface area contributed by atoms with Crippen LogP contribution in [0.2, 0.25) is 0 Å². The molecular weight excluding hydrogens is 296 g/mol. The summed E-state index contributed by atoms with van der Waals surface area (Å²) in [6.45, 7) is 7.99. The number of thiazole rings is 1. The van der Waals surface area contributed by atoms with E-state index in [-0.39, 0.29) is 16.0 Å². The van der Waals surface area contributed by atoms with Gasteiger partial charge in [-0.3, -0.25) is 14.8 Å². The van der Waals surface area contributed by atoms with Crippen molar-refractivity contribution in [2.45, 2.75) is 42.5 Å². The van der Waals surface area contributed by atoms with E-state index < -0.39 is 0 Å². The van der Waals surface area contributed by atoms with Crippen molar-refractivity contribution in [3.8, 4) is 0 Å². The van der Waals surface area contributed by atoms with Gasteiger partial charge in [-0.25, -0.2) is 4.98 Å². The maximum atomic E-state index is 11.1. The fourth-order valence-corrected chi connectivity index (χ4v) is 3.83. The molecule has 2 heterocycles. The third-order valence-corrected chi connectivity index (χ3v) is 5.38. The predicted molar refractivity (Wildman–Crippen MR) is 79.5 cm³/mol. The van der Waals surface area contributed by atoms with Crippen molar-refractivity contribution in [2.75, 3.05) is 0 Å². The van der Waals surface area contributed by atoms with Gasteiger partial charge in [-0.15, -0.1) is 11.3 Å². The molecule has 0 aliphatic carbocycles. The summed E-state index contributed by atoms with van der Waals surface area (Å²) >= 11 is 2.85. The summed E-state index contributed by atoms with van der Waals surface area (Å²) in [6.07, 6.45) is 1.84. The first kappa shape index (κ1) is 15.0. The van der Waals surface area contributed by atoms with Crippen LogP contribution in [0.1, 0.15) is 31.3 Å². The smallest absolute Gasteiger partial charge is 0.258 e. The van der Waals surface area contributed by atoms with Crippen molar-refractivity contribution in [1.82, 2.24) is 14.8 Å². The first-order valence-corrected chi connectivity index (χ1v) is 7.65. The van der Waals surface area contributed by atoms with Crippen molar-refractivity contribution in [2.24, 2.45) is 7.05 Å². The highest BCUT2D eigenvalue weighted by Crippen LogP contribution is 2.40. The molecule has 0 atom stereocenters. The highest BCUT2D eigenvalue weighted by atomic mass is 32.2. The molecule has 0 radical (unpaired) electrons. The minimum absolute atomic E-state index is 0.0325. The Morgan fingerprint density at radius 3 is 2.60 bits per heavy atom. The molecule has 2 rings (SSSR count). The van der Waals surface area contributed by atoms with E-state index >= 15 is 0 Å². The summed E-state index contributed by atoms with van der Waals surface area (Å²) in [4.78, 5) is 16.2. The van der Waals surface area contributed by atoms with Crippen molar-refractivity contribution in [1.29, 1.82) is 0 Å². The summed E-state index contributed by atoms with van der Waals surface area (Å²) in [5.74, 6) is 0. The van der Waals surface area contributed by atoms with Gasteiger partial charge in [-0.1, -0.05) is 20.8 Å². The average Bonchev–Trinajstić information content (AvgIpc) is 2.84. The third kappa shape index (κ3) is 2.85. The Balaban J connectivity index is 2.36. The van der Waals surface area contributed by atoms with Crippen LogP contribution in [0.4, 0.5) is 5.69 Å². The van der Waals surface area contributed by atoms with E-state index in [0.29, 0.717) is 10.7 Å². The van der Waals surface area contributed by atoms with Crippen LogP contribution in [0, 0.1) is 17.0 Å². The first-order valence-electron chi connectivity index (χ1n) is 6.02. The Hall–Kier alpha value is -1.41. The zero-order valence-electron chi connectivity index (χ0n) is 12.0. The Morgan fingerprint density at radius 2 is 2.10 bits per heavy atom. The van der Waals surface area contributed by atoms with E-state index in [4.69, 9.17) is 0 Å². The van der Waals surface area contributed by atoms with Crippen LogP contribution in [-0.2, 0) is 12.5 Å². The van der Waals surface area contributed by atoms with Crippen LogP contribution in [0.25, 0.3) is 0 Å². The number of aromatic nitrogens is 3. The van der Waals surface area contributed by atoms with E-state index in [2.05, 4.69) is 30.9 Å². The van der Waals surface area contributed by atoms with Crippen LogP contribution in [-0.4, -0.2) is 19.7 Å². The maximum absolute atomic E-state index is 11.1.